The molecule has 0 aliphatic heterocycles. The Morgan fingerprint density at radius 2 is 1.83 bits per heavy atom. The van der Waals surface area contributed by atoms with E-state index in [0.29, 0.717) is 0 Å². The van der Waals surface area contributed by atoms with Crippen molar-refractivity contribution in [3.63, 3.8) is 0 Å². The minimum Gasteiger partial charge on any atom is -0.309 e. The van der Waals surface area contributed by atoms with E-state index >= 15 is 0 Å². The van der Waals surface area contributed by atoms with Crippen molar-refractivity contribution in [2.45, 2.75) is 26.8 Å². The Labute approximate surface area is 121 Å². The summed E-state index contributed by atoms with van der Waals surface area (Å²) < 4.78 is 1.16. The fourth-order valence-corrected chi connectivity index (χ4v) is 3.74. The molecule has 0 aliphatic carbocycles. The Morgan fingerprint density at radius 3 is 2.39 bits per heavy atom. The molecule has 1 nitrogen and oxygen atoms in total. The highest BCUT2D eigenvalue weighted by Gasteiger charge is 2.18. The monoisotopic (exact) mass is 323 g/mol. The molecule has 2 aromatic rings. The van der Waals surface area contributed by atoms with Crippen LogP contribution in [0.2, 0.25) is 0 Å². The Kier molecular flexibility index (Phi) is 4.25. The quantitative estimate of drug-likeness (QED) is 0.859. The first-order valence-corrected chi connectivity index (χ1v) is 7.64. The van der Waals surface area contributed by atoms with Gasteiger partial charge in [-0.25, -0.2) is 0 Å². The van der Waals surface area contributed by atoms with Gasteiger partial charge in [0.15, 0.2) is 0 Å². The number of thiophene rings is 1. The third-order valence-electron chi connectivity index (χ3n) is 3.14. The zero-order valence-electron chi connectivity index (χ0n) is 11.2. The molecule has 2 rings (SSSR count). The highest BCUT2D eigenvalue weighted by Crippen LogP contribution is 2.34. The van der Waals surface area contributed by atoms with Gasteiger partial charge in [-0.05, 0) is 51.1 Å². The average Bonchev–Trinajstić information content (AvgIpc) is 2.64. The van der Waals surface area contributed by atoms with E-state index in [1.165, 1.54) is 26.4 Å². The molecule has 18 heavy (non-hydrogen) atoms. The van der Waals surface area contributed by atoms with Gasteiger partial charge in [-0.3, -0.25) is 0 Å². The molecule has 0 saturated heterocycles. The maximum Gasteiger partial charge on any atom is 0.0596 e. The molecule has 1 unspecified atom stereocenters. The van der Waals surface area contributed by atoms with Gasteiger partial charge >= 0.3 is 0 Å². The predicted molar refractivity (Wildman–Crippen MR) is 83.6 cm³/mol. The number of hydrogen-bond acceptors (Lipinski definition) is 2. The van der Waals surface area contributed by atoms with E-state index < -0.39 is 0 Å². The summed E-state index contributed by atoms with van der Waals surface area (Å²) in [5.74, 6) is 0. The van der Waals surface area contributed by atoms with Crippen LogP contribution in [0, 0.1) is 20.8 Å². The average molecular weight is 324 g/mol. The van der Waals surface area contributed by atoms with Gasteiger partial charge in [-0.15, -0.1) is 11.3 Å². The lowest BCUT2D eigenvalue weighted by Crippen LogP contribution is -2.18. The summed E-state index contributed by atoms with van der Waals surface area (Å²) in [6.45, 7) is 6.49. The topological polar surface area (TPSA) is 12.0 Å². The molecular weight excluding hydrogens is 306 g/mol. The molecule has 1 atom stereocenters. The van der Waals surface area contributed by atoms with Crippen molar-refractivity contribution in [3.8, 4) is 0 Å². The highest BCUT2D eigenvalue weighted by molar-refractivity contribution is 9.10. The molecular formula is C15H18BrNS. The van der Waals surface area contributed by atoms with E-state index in [4.69, 9.17) is 0 Å². The van der Waals surface area contributed by atoms with Crippen LogP contribution in [0.15, 0.2) is 28.7 Å². The second-order valence-electron chi connectivity index (χ2n) is 4.62. The third kappa shape index (κ3) is 2.68. The van der Waals surface area contributed by atoms with Crippen molar-refractivity contribution in [2.75, 3.05) is 7.05 Å². The number of aryl methyl sites for hydroxylation is 3. The Balaban J connectivity index is 2.51. The SMILES string of the molecule is CNC(c1cc(C)ccc1Br)c1cc(C)sc1C. The molecule has 1 N–H and O–H groups in total. The lowest BCUT2D eigenvalue weighted by molar-refractivity contribution is 0.687. The van der Waals surface area contributed by atoms with Gasteiger partial charge in [-0.1, -0.05) is 33.6 Å². The maximum atomic E-state index is 3.66. The van der Waals surface area contributed by atoms with E-state index in [1.807, 2.05) is 18.4 Å². The van der Waals surface area contributed by atoms with Crippen LogP contribution >= 0.6 is 27.3 Å². The van der Waals surface area contributed by atoms with Crippen molar-refractivity contribution in [2.24, 2.45) is 0 Å². The van der Waals surface area contributed by atoms with Crippen LogP contribution in [-0.2, 0) is 0 Å². The fraction of sp³-hybridized carbons (Fsp3) is 0.333. The van der Waals surface area contributed by atoms with E-state index in [0.717, 1.165) is 4.47 Å². The van der Waals surface area contributed by atoms with Crippen LogP contribution < -0.4 is 5.32 Å². The molecule has 0 amide bonds. The number of benzene rings is 1. The second-order valence-corrected chi connectivity index (χ2v) is 6.93. The molecule has 1 heterocycles. The van der Waals surface area contributed by atoms with Gasteiger partial charge < -0.3 is 5.32 Å². The van der Waals surface area contributed by atoms with Crippen LogP contribution in [0.1, 0.15) is 32.5 Å². The van der Waals surface area contributed by atoms with Gasteiger partial charge in [0.25, 0.3) is 0 Å². The van der Waals surface area contributed by atoms with Crippen LogP contribution in [-0.4, -0.2) is 7.05 Å². The lowest BCUT2D eigenvalue weighted by Gasteiger charge is -2.19. The molecule has 96 valence electrons. The van der Waals surface area contributed by atoms with E-state index in [9.17, 15) is 0 Å². The standard InChI is InChI=1S/C15H18BrNS/c1-9-5-6-14(16)13(7-9)15(17-4)12-8-10(2)18-11(12)3/h5-8,15,17H,1-4H3. The third-order valence-corrected chi connectivity index (χ3v) is 4.85. The van der Waals surface area contributed by atoms with Crippen molar-refractivity contribution in [3.05, 3.63) is 55.2 Å². The molecule has 1 aromatic heterocycles. The smallest absolute Gasteiger partial charge is 0.0596 e. The molecule has 0 spiro atoms. The summed E-state index contributed by atoms with van der Waals surface area (Å²) in [6, 6.07) is 9.05. The molecule has 1 aromatic carbocycles. The zero-order valence-corrected chi connectivity index (χ0v) is 13.6. The van der Waals surface area contributed by atoms with Gasteiger partial charge in [0.05, 0.1) is 6.04 Å². The minimum atomic E-state index is 0.254. The molecule has 3 heteroatoms. The normalized spacial score (nSPS) is 12.7. The molecule has 0 aliphatic rings. The van der Waals surface area contributed by atoms with Crippen molar-refractivity contribution >= 4 is 27.3 Å². The number of hydrogen-bond donors (Lipinski definition) is 1. The van der Waals surface area contributed by atoms with Crippen LogP contribution in [0.4, 0.5) is 0 Å². The predicted octanol–water partition coefficient (Wildman–Crippen LogP) is 4.74. The lowest BCUT2D eigenvalue weighted by atomic mass is 9.98. The molecule has 0 radical (unpaired) electrons. The van der Waals surface area contributed by atoms with Crippen molar-refractivity contribution in [1.29, 1.82) is 0 Å². The molecule has 0 fully saturated rings. The van der Waals surface area contributed by atoms with Crippen molar-refractivity contribution < 1.29 is 0 Å². The van der Waals surface area contributed by atoms with E-state index in [1.54, 1.807) is 0 Å². The van der Waals surface area contributed by atoms with Gasteiger partial charge in [0.1, 0.15) is 0 Å². The summed E-state index contributed by atoms with van der Waals surface area (Å²) in [5, 5.41) is 3.43. The summed E-state index contributed by atoms with van der Waals surface area (Å²) in [4.78, 5) is 2.76. The largest absolute Gasteiger partial charge is 0.309 e. The first-order valence-electron chi connectivity index (χ1n) is 6.03. The number of rotatable bonds is 3. The fourth-order valence-electron chi connectivity index (χ4n) is 2.30. The van der Waals surface area contributed by atoms with E-state index in [-0.39, 0.29) is 6.04 Å². The first kappa shape index (κ1) is 13.8. The first-order chi connectivity index (χ1) is 8.52. The zero-order chi connectivity index (χ0) is 13.3. The van der Waals surface area contributed by atoms with Gasteiger partial charge in [-0.2, -0.15) is 0 Å². The van der Waals surface area contributed by atoms with Crippen LogP contribution in [0.5, 0.6) is 0 Å². The van der Waals surface area contributed by atoms with Gasteiger partial charge in [0.2, 0.25) is 0 Å². The molecule has 0 bridgehead atoms. The maximum absolute atomic E-state index is 3.66. The summed E-state index contributed by atoms with van der Waals surface area (Å²) in [5.41, 5.74) is 3.97. The number of nitrogens with one attached hydrogen (secondary N) is 1. The Hall–Kier alpha value is -0.640. The number of halogens is 1. The second kappa shape index (κ2) is 5.55. The summed E-state index contributed by atoms with van der Waals surface area (Å²) in [6.07, 6.45) is 0. The minimum absolute atomic E-state index is 0.254. The van der Waals surface area contributed by atoms with Crippen molar-refractivity contribution in [1.82, 2.24) is 5.32 Å². The van der Waals surface area contributed by atoms with Gasteiger partial charge in [0, 0.05) is 14.2 Å². The summed E-state index contributed by atoms with van der Waals surface area (Å²) >= 11 is 5.53. The highest BCUT2D eigenvalue weighted by atomic mass is 79.9. The van der Waals surface area contributed by atoms with Crippen LogP contribution in [0.25, 0.3) is 0 Å². The van der Waals surface area contributed by atoms with Crippen LogP contribution in [0.3, 0.4) is 0 Å². The Bertz CT molecular complexity index is 560. The van der Waals surface area contributed by atoms with E-state index in [2.05, 4.69) is 66.3 Å². The summed E-state index contributed by atoms with van der Waals surface area (Å²) in [7, 11) is 2.02. The molecule has 0 saturated carbocycles. The Morgan fingerprint density at radius 1 is 1.11 bits per heavy atom.